The molecule has 6 heteroatoms. The van der Waals surface area contributed by atoms with Crippen LogP contribution in [-0.4, -0.2) is 22.3 Å². The number of aryl methyl sites for hydroxylation is 1. The fourth-order valence-corrected chi connectivity index (χ4v) is 4.73. The van der Waals surface area contributed by atoms with E-state index in [2.05, 4.69) is 4.98 Å². The first-order valence-corrected chi connectivity index (χ1v) is 9.31. The van der Waals surface area contributed by atoms with E-state index in [1.807, 2.05) is 37.3 Å². The Labute approximate surface area is 148 Å². The summed E-state index contributed by atoms with van der Waals surface area (Å²) in [5.74, 6) is 0. The highest BCUT2D eigenvalue weighted by Gasteiger charge is 2.21. The monoisotopic (exact) mass is 358 g/mol. The molecule has 3 heterocycles. The molecular weight excluding hydrogens is 340 g/mol. The number of fused-ring (bicyclic) bond motifs is 1. The molecule has 0 spiro atoms. The van der Waals surface area contributed by atoms with Gasteiger partial charge in [0.2, 0.25) is 0 Å². The van der Waals surface area contributed by atoms with Gasteiger partial charge in [0.1, 0.15) is 4.83 Å². The van der Waals surface area contributed by atoms with Crippen molar-refractivity contribution in [2.24, 2.45) is 0 Å². The predicted octanol–water partition coefficient (Wildman–Crippen LogP) is 4.28. The topological polar surface area (TPSA) is 47.0 Å². The molecule has 1 N–H and O–H groups in total. The molecule has 124 valence electrons. The summed E-state index contributed by atoms with van der Waals surface area (Å²) in [6.07, 6.45) is 2.11. The van der Waals surface area contributed by atoms with Crippen LogP contribution in [0.15, 0.2) is 35.1 Å². The van der Waals surface area contributed by atoms with E-state index in [1.165, 1.54) is 0 Å². The van der Waals surface area contributed by atoms with Crippen LogP contribution in [-0.2, 0) is 11.3 Å². The van der Waals surface area contributed by atoms with E-state index >= 15 is 0 Å². The summed E-state index contributed by atoms with van der Waals surface area (Å²) in [5, 5.41) is 0.732. The Morgan fingerprint density at radius 3 is 2.88 bits per heavy atom. The molecule has 0 amide bonds. The Balaban J connectivity index is 1.93. The van der Waals surface area contributed by atoms with Crippen LogP contribution in [0.1, 0.15) is 17.7 Å². The largest absolute Gasteiger partial charge is 0.376 e. The molecule has 2 aromatic heterocycles. The fraction of sp³-hybridized carbons (Fsp3) is 0.333. The quantitative estimate of drug-likeness (QED) is 0.711. The second-order valence-corrected chi connectivity index (χ2v) is 7.70. The summed E-state index contributed by atoms with van der Waals surface area (Å²) in [7, 11) is 0. The van der Waals surface area contributed by atoms with E-state index in [1.54, 1.807) is 15.9 Å². The van der Waals surface area contributed by atoms with E-state index in [-0.39, 0.29) is 11.7 Å². The zero-order valence-electron chi connectivity index (χ0n) is 13.4. The molecule has 1 aliphatic rings. The molecule has 1 atom stereocenters. The predicted molar refractivity (Wildman–Crippen MR) is 100 cm³/mol. The van der Waals surface area contributed by atoms with Gasteiger partial charge in [0.25, 0.3) is 5.56 Å². The first-order chi connectivity index (χ1) is 11.6. The van der Waals surface area contributed by atoms with Crippen LogP contribution >= 0.6 is 23.6 Å². The lowest BCUT2D eigenvalue weighted by Gasteiger charge is -2.12. The maximum atomic E-state index is 13.2. The van der Waals surface area contributed by atoms with Crippen LogP contribution in [0.5, 0.6) is 0 Å². The Bertz CT molecular complexity index is 996. The van der Waals surface area contributed by atoms with Crippen molar-refractivity contribution in [3.63, 3.8) is 0 Å². The summed E-state index contributed by atoms with van der Waals surface area (Å²) in [6.45, 7) is 3.34. The third kappa shape index (κ3) is 2.64. The summed E-state index contributed by atoms with van der Waals surface area (Å²) in [4.78, 5) is 18.4. The van der Waals surface area contributed by atoms with Gasteiger partial charge in [0, 0.05) is 17.0 Å². The van der Waals surface area contributed by atoms with E-state index in [0.29, 0.717) is 11.3 Å². The second-order valence-electron chi connectivity index (χ2n) is 6.08. The van der Waals surface area contributed by atoms with Gasteiger partial charge >= 0.3 is 0 Å². The summed E-state index contributed by atoms with van der Waals surface area (Å²) < 4.78 is 7.82. The van der Waals surface area contributed by atoms with Crippen LogP contribution in [0, 0.1) is 11.7 Å². The molecule has 0 radical (unpaired) electrons. The van der Waals surface area contributed by atoms with Gasteiger partial charge in [-0.1, -0.05) is 30.3 Å². The highest BCUT2D eigenvalue weighted by Crippen LogP contribution is 2.35. The molecule has 4 nitrogen and oxygen atoms in total. The average Bonchev–Trinajstić information content (AvgIpc) is 3.19. The number of benzene rings is 1. The van der Waals surface area contributed by atoms with Crippen LogP contribution < -0.4 is 5.56 Å². The van der Waals surface area contributed by atoms with Gasteiger partial charge in [-0.2, -0.15) is 0 Å². The normalized spacial score (nSPS) is 17.6. The van der Waals surface area contributed by atoms with Crippen LogP contribution in [0.25, 0.3) is 21.3 Å². The molecule has 0 bridgehead atoms. The average molecular weight is 358 g/mol. The number of aromatic amines is 1. The maximum absolute atomic E-state index is 13.2. The lowest BCUT2D eigenvalue weighted by atomic mass is 10.0. The van der Waals surface area contributed by atoms with Gasteiger partial charge in [-0.15, -0.1) is 11.3 Å². The fourth-order valence-electron chi connectivity index (χ4n) is 3.34. The highest BCUT2D eigenvalue weighted by atomic mass is 32.1. The number of hydrogen-bond acceptors (Lipinski definition) is 4. The molecule has 1 fully saturated rings. The molecule has 1 aliphatic heterocycles. The van der Waals surface area contributed by atoms with Crippen LogP contribution in [0.4, 0.5) is 0 Å². The lowest BCUT2D eigenvalue weighted by Crippen LogP contribution is -2.27. The third-order valence-electron chi connectivity index (χ3n) is 4.48. The number of ether oxygens (including phenoxy) is 1. The van der Waals surface area contributed by atoms with Crippen LogP contribution in [0.2, 0.25) is 0 Å². The van der Waals surface area contributed by atoms with E-state index < -0.39 is 0 Å². The Hall–Kier alpha value is -1.76. The van der Waals surface area contributed by atoms with Gasteiger partial charge in [-0.25, -0.2) is 0 Å². The molecule has 0 saturated carbocycles. The van der Waals surface area contributed by atoms with E-state index in [9.17, 15) is 4.79 Å². The van der Waals surface area contributed by atoms with Crippen molar-refractivity contribution in [3.05, 3.63) is 50.3 Å². The van der Waals surface area contributed by atoms with Gasteiger partial charge in [0.15, 0.2) is 4.77 Å². The number of nitrogens with zero attached hydrogens (tertiary/aromatic N) is 1. The molecule has 3 aromatic rings. The van der Waals surface area contributed by atoms with E-state index in [4.69, 9.17) is 17.0 Å². The zero-order valence-corrected chi connectivity index (χ0v) is 15.0. The van der Waals surface area contributed by atoms with Crippen molar-refractivity contribution >= 4 is 33.8 Å². The van der Waals surface area contributed by atoms with Crippen molar-refractivity contribution in [1.82, 2.24) is 9.55 Å². The lowest BCUT2D eigenvalue weighted by molar-refractivity contribution is 0.0957. The van der Waals surface area contributed by atoms with Crippen molar-refractivity contribution in [2.45, 2.75) is 32.4 Å². The molecule has 0 aliphatic carbocycles. The van der Waals surface area contributed by atoms with Crippen molar-refractivity contribution in [1.29, 1.82) is 0 Å². The second kappa shape index (κ2) is 6.27. The van der Waals surface area contributed by atoms with Crippen LogP contribution in [0.3, 0.4) is 0 Å². The van der Waals surface area contributed by atoms with Gasteiger partial charge < -0.3 is 9.72 Å². The summed E-state index contributed by atoms with van der Waals surface area (Å²) in [5.41, 5.74) is 2.05. The molecular formula is C18H18N2O2S2. The Morgan fingerprint density at radius 1 is 1.38 bits per heavy atom. The first-order valence-electron chi connectivity index (χ1n) is 8.08. The van der Waals surface area contributed by atoms with Crippen molar-refractivity contribution in [3.8, 4) is 11.1 Å². The zero-order chi connectivity index (χ0) is 16.7. The first kappa shape index (κ1) is 15.7. The number of hydrogen-bond donors (Lipinski definition) is 1. The highest BCUT2D eigenvalue weighted by molar-refractivity contribution is 7.71. The molecule has 1 unspecified atom stereocenters. The smallest absolute Gasteiger partial charge is 0.263 e. The molecule has 4 rings (SSSR count). The van der Waals surface area contributed by atoms with E-state index in [0.717, 1.165) is 45.7 Å². The number of nitrogens with one attached hydrogen (secondary N) is 1. The number of H-pyrrole nitrogens is 1. The minimum atomic E-state index is -0.0209. The molecule has 1 aromatic carbocycles. The minimum Gasteiger partial charge on any atom is -0.376 e. The molecule has 24 heavy (non-hydrogen) atoms. The number of thiophene rings is 1. The Kier molecular flexibility index (Phi) is 4.12. The standard InChI is InChI=1S/C18H18N2O2S2/c1-11-14(12-6-3-2-4-7-12)15-16(24-11)19-18(23)20(17(15)21)10-13-8-5-9-22-13/h2-4,6-7,13H,5,8-10H2,1H3,(H,19,23). The van der Waals surface area contributed by atoms with Crippen molar-refractivity contribution < 1.29 is 4.74 Å². The number of aromatic nitrogens is 2. The molecule has 1 saturated heterocycles. The van der Waals surface area contributed by atoms with Crippen molar-refractivity contribution in [2.75, 3.05) is 6.61 Å². The van der Waals surface area contributed by atoms with Gasteiger partial charge in [-0.05, 0) is 37.5 Å². The van der Waals surface area contributed by atoms with Gasteiger partial charge in [0.05, 0.1) is 18.0 Å². The van der Waals surface area contributed by atoms with Gasteiger partial charge in [-0.3, -0.25) is 9.36 Å². The maximum Gasteiger partial charge on any atom is 0.263 e. The minimum absolute atomic E-state index is 0.0209. The number of rotatable bonds is 3. The third-order valence-corrected chi connectivity index (χ3v) is 5.82. The summed E-state index contributed by atoms with van der Waals surface area (Å²) in [6, 6.07) is 10.1. The Morgan fingerprint density at radius 2 is 2.17 bits per heavy atom. The SMILES string of the molecule is Cc1sc2[nH]c(=S)n(CC3CCCO3)c(=O)c2c1-c1ccccc1. The summed E-state index contributed by atoms with van der Waals surface area (Å²) >= 11 is 7.02.